The van der Waals surface area contributed by atoms with Gasteiger partial charge in [0.2, 0.25) is 5.89 Å². The van der Waals surface area contributed by atoms with Crippen LogP contribution in [0.25, 0.3) is 11.5 Å². The smallest absolute Gasteiger partial charge is 0.317 e. The van der Waals surface area contributed by atoms with Crippen molar-refractivity contribution in [1.82, 2.24) is 9.88 Å². The van der Waals surface area contributed by atoms with Gasteiger partial charge in [-0.25, -0.2) is 4.98 Å². The normalized spacial score (nSPS) is 11.1. The van der Waals surface area contributed by atoms with Crippen LogP contribution in [-0.4, -0.2) is 34.0 Å². The molecular weight excluding hydrogens is 327 g/mol. The molecule has 0 atom stereocenters. The summed E-state index contributed by atoms with van der Waals surface area (Å²) in [6, 6.07) is 5.06. The molecule has 1 N–H and O–H groups in total. The molecule has 0 aliphatic heterocycles. The molecule has 118 valence electrons. The minimum absolute atomic E-state index is 0.0287. The van der Waals surface area contributed by atoms with E-state index in [9.17, 15) is 4.79 Å². The first-order chi connectivity index (χ1) is 10.5. The van der Waals surface area contributed by atoms with Gasteiger partial charge in [0.1, 0.15) is 6.26 Å². The van der Waals surface area contributed by atoms with Gasteiger partial charge < -0.3 is 9.52 Å². The molecule has 22 heavy (non-hydrogen) atoms. The van der Waals surface area contributed by atoms with E-state index >= 15 is 0 Å². The number of carboxylic acids is 1. The molecule has 0 aliphatic rings. The first-order valence-electron chi connectivity index (χ1n) is 6.83. The highest BCUT2D eigenvalue weighted by Crippen LogP contribution is 2.26. The molecule has 1 aromatic heterocycles. The molecule has 0 saturated carbocycles. The van der Waals surface area contributed by atoms with Gasteiger partial charge in [0.25, 0.3) is 0 Å². The van der Waals surface area contributed by atoms with E-state index in [2.05, 4.69) is 4.98 Å². The molecule has 5 nitrogen and oxygen atoms in total. The number of hydrogen-bond acceptors (Lipinski definition) is 4. The number of benzene rings is 1. The van der Waals surface area contributed by atoms with Gasteiger partial charge in [0.05, 0.1) is 12.2 Å². The van der Waals surface area contributed by atoms with Crippen molar-refractivity contribution >= 4 is 29.2 Å². The molecule has 0 amide bonds. The molecule has 0 bridgehead atoms. The Labute approximate surface area is 138 Å². The molecule has 0 spiro atoms. The van der Waals surface area contributed by atoms with Crippen molar-refractivity contribution in [2.75, 3.05) is 13.1 Å². The Bertz CT molecular complexity index is 638. The minimum Gasteiger partial charge on any atom is -0.480 e. The molecule has 1 heterocycles. The second-order valence-electron chi connectivity index (χ2n) is 4.91. The van der Waals surface area contributed by atoms with E-state index < -0.39 is 5.97 Å². The summed E-state index contributed by atoms with van der Waals surface area (Å²) in [5, 5.41) is 9.92. The first kappa shape index (κ1) is 16.8. The van der Waals surface area contributed by atoms with Crippen molar-refractivity contribution in [1.29, 1.82) is 0 Å². The van der Waals surface area contributed by atoms with Crippen LogP contribution in [0.3, 0.4) is 0 Å². The summed E-state index contributed by atoms with van der Waals surface area (Å²) >= 11 is 11.9. The predicted octanol–water partition coefficient (Wildman–Crippen LogP) is 3.95. The number of carboxylic acid groups (broad SMARTS) is 1. The minimum atomic E-state index is -0.862. The van der Waals surface area contributed by atoms with E-state index in [-0.39, 0.29) is 6.54 Å². The fourth-order valence-electron chi connectivity index (χ4n) is 2.14. The molecule has 2 rings (SSSR count). The standard InChI is InChI=1S/C15H16Cl2N2O3/c1-2-3-19(8-14(20)21)7-13-9-22-15(18-13)10-4-11(16)6-12(17)5-10/h4-6,9H,2-3,7-8H2,1H3,(H,20,21). The number of rotatable bonds is 7. The fraction of sp³-hybridized carbons (Fsp3) is 0.333. The molecule has 0 unspecified atom stereocenters. The maximum Gasteiger partial charge on any atom is 0.317 e. The number of nitrogens with zero attached hydrogens (tertiary/aromatic N) is 2. The van der Waals surface area contributed by atoms with Crippen LogP contribution >= 0.6 is 23.2 Å². The molecule has 0 saturated heterocycles. The van der Waals surface area contributed by atoms with Crippen LogP contribution < -0.4 is 0 Å². The van der Waals surface area contributed by atoms with E-state index in [4.69, 9.17) is 32.7 Å². The highest BCUT2D eigenvalue weighted by molar-refractivity contribution is 6.35. The highest BCUT2D eigenvalue weighted by atomic mass is 35.5. The van der Waals surface area contributed by atoms with Crippen molar-refractivity contribution in [3.05, 3.63) is 40.2 Å². The maximum atomic E-state index is 10.9. The molecule has 2 aromatic rings. The highest BCUT2D eigenvalue weighted by Gasteiger charge is 2.14. The number of aromatic nitrogens is 1. The SMILES string of the molecule is CCCN(CC(=O)O)Cc1coc(-c2cc(Cl)cc(Cl)c2)n1. The summed E-state index contributed by atoms with van der Waals surface area (Å²) < 4.78 is 5.44. The summed E-state index contributed by atoms with van der Waals surface area (Å²) in [6.45, 7) is 3.06. The average Bonchev–Trinajstić information content (AvgIpc) is 2.85. The summed E-state index contributed by atoms with van der Waals surface area (Å²) in [6.07, 6.45) is 2.39. The van der Waals surface area contributed by atoms with Crippen LogP contribution in [0, 0.1) is 0 Å². The Hall–Kier alpha value is -1.56. The zero-order chi connectivity index (χ0) is 16.1. The van der Waals surface area contributed by atoms with Crippen LogP contribution in [0.15, 0.2) is 28.9 Å². The Morgan fingerprint density at radius 2 is 2.00 bits per heavy atom. The molecule has 7 heteroatoms. The molecule has 0 radical (unpaired) electrons. The lowest BCUT2D eigenvalue weighted by Gasteiger charge is -2.17. The fourth-order valence-corrected chi connectivity index (χ4v) is 2.67. The molecule has 0 fully saturated rings. The van der Waals surface area contributed by atoms with E-state index in [1.165, 1.54) is 6.26 Å². The number of halogens is 2. The third-order valence-electron chi connectivity index (χ3n) is 2.95. The third kappa shape index (κ3) is 4.73. The van der Waals surface area contributed by atoms with Crippen LogP contribution in [0.1, 0.15) is 19.0 Å². The van der Waals surface area contributed by atoms with Gasteiger partial charge in [-0.05, 0) is 31.2 Å². The third-order valence-corrected chi connectivity index (χ3v) is 3.38. The zero-order valence-electron chi connectivity index (χ0n) is 12.1. The lowest BCUT2D eigenvalue weighted by atomic mass is 10.2. The summed E-state index contributed by atoms with van der Waals surface area (Å²) in [4.78, 5) is 17.0. The Morgan fingerprint density at radius 1 is 1.32 bits per heavy atom. The van der Waals surface area contributed by atoms with Gasteiger partial charge in [0, 0.05) is 22.2 Å². The van der Waals surface area contributed by atoms with E-state index in [1.807, 2.05) is 6.92 Å². The largest absolute Gasteiger partial charge is 0.480 e. The topological polar surface area (TPSA) is 66.6 Å². The second-order valence-corrected chi connectivity index (χ2v) is 5.78. The van der Waals surface area contributed by atoms with E-state index in [0.29, 0.717) is 40.3 Å². The van der Waals surface area contributed by atoms with Crippen molar-refractivity contribution in [3.8, 4) is 11.5 Å². The van der Waals surface area contributed by atoms with Gasteiger partial charge >= 0.3 is 5.97 Å². The second kappa shape index (κ2) is 7.63. The van der Waals surface area contributed by atoms with Crippen molar-refractivity contribution in [2.24, 2.45) is 0 Å². The van der Waals surface area contributed by atoms with Gasteiger partial charge in [-0.2, -0.15) is 0 Å². The first-order valence-corrected chi connectivity index (χ1v) is 7.58. The number of hydrogen-bond donors (Lipinski definition) is 1. The number of aliphatic carboxylic acids is 1. The lowest BCUT2D eigenvalue weighted by Crippen LogP contribution is -2.30. The van der Waals surface area contributed by atoms with Gasteiger partial charge in [-0.15, -0.1) is 0 Å². The summed E-state index contributed by atoms with van der Waals surface area (Å²) in [5.41, 5.74) is 1.35. The zero-order valence-corrected chi connectivity index (χ0v) is 13.6. The van der Waals surface area contributed by atoms with Gasteiger partial charge in [-0.3, -0.25) is 9.69 Å². The molecule has 0 aliphatic carbocycles. The molecular formula is C15H16Cl2N2O3. The monoisotopic (exact) mass is 342 g/mol. The average molecular weight is 343 g/mol. The van der Waals surface area contributed by atoms with Crippen molar-refractivity contribution in [2.45, 2.75) is 19.9 Å². The van der Waals surface area contributed by atoms with Crippen LogP contribution in [-0.2, 0) is 11.3 Å². The van der Waals surface area contributed by atoms with Gasteiger partial charge in [0.15, 0.2) is 0 Å². The van der Waals surface area contributed by atoms with Gasteiger partial charge in [-0.1, -0.05) is 30.1 Å². The number of carbonyl (C=O) groups is 1. The van der Waals surface area contributed by atoms with E-state index in [1.54, 1.807) is 23.1 Å². The lowest BCUT2D eigenvalue weighted by molar-refractivity contribution is -0.138. The number of oxazole rings is 1. The Kier molecular flexibility index (Phi) is 5.83. The summed E-state index contributed by atoms with van der Waals surface area (Å²) in [7, 11) is 0. The van der Waals surface area contributed by atoms with Crippen LogP contribution in [0.4, 0.5) is 0 Å². The van der Waals surface area contributed by atoms with Crippen molar-refractivity contribution < 1.29 is 14.3 Å². The molecule has 1 aromatic carbocycles. The summed E-state index contributed by atoms with van der Waals surface area (Å²) in [5.74, 6) is -0.454. The predicted molar refractivity (Wildman–Crippen MR) is 85.2 cm³/mol. The Morgan fingerprint density at radius 3 is 2.59 bits per heavy atom. The van der Waals surface area contributed by atoms with Crippen LogP contribution in [0.2, 0.25) is 10.0 Å². The maximum absolute atomic E-state index is 10.9. The quantitative estimate of drug-likeness (QED) is 0.825. The Balaban J connectivity index is 2.14. The van der Waals surface area contributed by atoms with Crippen LogP contribution in [0.5, 0.6) is 0 Å². The van der Waals surface area contributed by atoms with Crippen molar-refractivity contribution in [3.63, 3.8) is 0 Å². The van der Waals surface area contributed by atoms with E-state index in [0.717, 1.165) is 6.42 Å².